The lowest BCUT2D eigenvalue weighted by Gasteiger charge is -2.23. The van der Waals surface area contributed by atoms with Crippen molar-refractivity contribution in [3.8, 4) is 5.75 Å². The van der Waals surface area contributed by atoms with E-state index in [9.17, 15) is 4.79 Å². The van der Waals surface area contributed by atoms with Gasteiger partial charge >= 0.3 is 5.97 Å². The smallest absolute Gasteiger partial charge is 0.337 e. The average Bonchev–Trinajstić information content (AvgIpc) is 2.86. The Hall–Kier alpha value is -1.81. The molecule has 0 spiro atoms. The van der Waals surface area contributed by atoms with Crippen LogP contribution in [0.1, 0.15) is 28.4 Å². The maximum atomic E-state index is 11.8. The summed E-state index contributed by atoms with van der Waals surface area (Å²) in [6.45, 7) is 2.68. The van der Waals surface area contributed by atoms with Crippen LogP contribution >= 0.6 is 15.9 Å². The van der Waals surface area contributed by atoms with Crippen LogP contribution in [-0.4, -0.2) is 19.7 Å². The third-order valence-electron chi connectivity index (χ3n) is 3.98. The van der Waals surface area contributed by atoms with Crippen molar-refractivity contribution in [2.45, 2.75) is 12.3 Å². The molecule has 0 bridgehead atoms. The highest BCUT2D eigenvalue weighted by molar-refractivity contribution is 9.10. The Morgan fingerprint density at radius 3 is 2.67 bits per heavy atom. The number of methoxy groups -OCH3 is 1. The van der Waals surface area contributed by atoms with Gasteiger partial charge in [-0.3, -0.25) is 0 Å². The molecular formula is C17H15BrO3. The molecule has 1 atom stereocenters. The summed E-state index contributed by atoms with van der Waals surface area (Å²) in [6, 6.07) is 13.8. The molecule has 3 rings (SSSR count). The zero-order valence-electron chi connectivity index (χ0n) is 11.9. The van der Waals surface area contributed by atoms with Crippen LogP contribution in [0.2, 0.25) is 0 Å². The number of rotatable bonds is 2. The van der Waals surface area contributed by atoms with Crippen LogP contribution in [0.25, 0.3) is 0 Å². The molecule has 0 N–H and O–H groups in total. The van der Waals surface area contributed by atoms with Crippen LogP contribution in [0.4, 0.5) is 0 Å². The molecule has 1 aliphatic heterocycles. The van der Waals surface area contributed by atoms with Gasteiger partial charge in [-0.2, -0.15) is 0 Å². The van der Waals surface area contributed by atoms with E-state index >= 15 is 0 Å². The van der Waals surface area contributed by atoms with Crippen molar-refractivity contribution in [2.24, 2.45) is 0 Å². The number of hydrogen-bond acceptors (Lipinski definition) is 3. The zero-order chi connectivity index (χ0) is 15.0. The molecule has 0 radical (unpaired) electrons. The number of fused-ring (bicyclic) bond motifs is 1. The van der Waals surface area contributed by atoms with Gasteiger partial charge in [-0.25, -0.2) is 4.79 Å². The SMILES string of the molecule is COC(=O)c1cc(Br)c2c(c1)C(C)(c1ccccc1)CO2. The predicted molar refractivity (Wildman–Crippen MR) is 83.9 cm³/mol. The maximum Gasteiger partial charge on any atom is 0.337 e. The van der Waals surface area contributed by atoms with Crippen LogP contribution in [0.3, 0.4) is 0 Å². The molecule has 3 nitrogen and oxygen atoms in total. The molecule has 0 saturated heterocycles. The summed E-state index contributed by atoms with van der Waals surface area (Å²) in [5.41, 5.74) is 2.42. The first-order valence-electron chi connectivity index (χ1n) is 6.67. The van der Waals surface area contributed by atoms with Crippen molar-refractivity contribution in [2.75, 3.05) is 13.7 Å². The van der Waals surface area contributed by atoms with E-state index in [0.717, 1.165) is 21.3 Å². The summed E-state index contributed by atoms with van der Waals surface area (Å²) in [4.78, 5) is 11.8. The minimum atomic E-state index is -0.346. The lowest BCUT2D eigenvalue weighted by atomic mass is 9.77. The van der Waals surface area contributed by atoms with Crippen molar-refractivity contribution in [1.29, 1.82) is 0 Å². The highest BCUT2D eigenvalue weighted by Crippen LogP contribution is 2.47. The second kappa shape index (κ2) is 5.19. The fraction of sp³-hybridized carbons (Fsp3) is 0.235. The van der Waals surface area contributed by atoms with Crippen molar-refractivity contribution in [3.63, 3.8) is 0 Å². The topological polar surface area (TPSA) is 35.5 Å². The van der Waals surface area contributed by atoms with E-state index in [0.29, 0.717) is 12.2 Å². The molecule has 1 heterocycles. The number of hydrogen-bond donors (Lipinski definition) is 0. The van der Waals surface area contributed by atoms with Crippen molar-refractivity contribution < 1.29 is 14.3 Å². The zero-order valence-corrected chi connectivity index (χ0v) is 13.4. The number of esters is 1. The second-order valence-corrected chi connectivity index (χ2v) is 6.17. The van der Waals surface area contributed by atoms with Gasteiger partial charge in [0.1, 0.15) is 12.4 Å². The first kappa shape index (κ1) is 14.1. The molecule has 0 amide bonds. The number of halogens is 1. The molecule has 1 unspecified atom stereocenters. The number of benzene rings is 2. The van der Waals surface area contributed by atoms with E-state index in [4.69, 9.17) is 9.47 Å². The minimum absolute atomic E-state index is 0.275. The number of ether oxygens (including phenoxy) is 2. The Labute approximate surface area is 132 Å². The number of carbonyl (C=O) groups is 1. The summed E-state index contributed by atoms with van der Waals surface area (Å²) in [5, 5.41) is 0. The summed E-state index contributed by atoms with van der Waals surface area (Å²) in [6.07, 6.45) is 0. The van der Waals surface area contributed by atoms with Crippen LogP contribution in [-0.2, 0) is 10.2 Å². The summed E-state index contributed by atoms with van der Waals surface area (Å²) < 4.78 is 11.5. The van der Waals surface area contributed by atoms with E-state index in [1.165, 1.54) is 7.11 Å². The van der Waals surface area contributed by atoms with Crippen molar-refractivity contribution >= 4 is 21.9 Å². The van der Waals surface area contributed by atoms with Crippen LogP contribution < -0.4 is 4.74 Å². The standard InChI is InChI=1S/C17H15BrO3/c1-17(12-6-4-3-5-7-12)10-21-15-13(17)8-11(9-14(15)18)16(19)20-2/h3-9H,10H2,1-2H3. The van der Waals surface area contributed by atoms with Crippen molar-refractivity contribution in [1.82, 2.24) is 0 Å². The molecule has 2 aromatic carbocycles. The van der Waals surface area contributed by atoms with Gasteiger partial charge in [-0.15, -0.1) is 0 Å². The lowest BCUT2D eigenvalue weighted by molar-refractivity contribution is 0.0600. The Kier molecular flexibility index (Phi) is 3.49. The first-order valence-corrected chi connectivity index (χ1v) is 7.46. The predicted octanol–water partition coefficient (Wildman–Crippen LogP) is 3.93. The monoisotopic (exact) mass is 346 g/mol. The Morgan fingerprint density at radius 2 is 2.00 bits per heavy atom. The quantitative estimate of drug-likeness (QED) is 0.772. The van der Waals surface area contributed by atoms with Gasteiger partial charge < -0.3 is 9.47 Å². The van der Waals surface area contributed by atoms with Gasteiger partial charge in [0, 0.05) is 5.56 Å². The average molecular weight is 347 g/mol. The Morgan fingerprint density at radius 1 is 1.29 bits per heavy atom. The highest BCUT2D eigenvalue weighted by atomic mass is 79.9. The third kappa shape index (κ3) is 2.23. The second-order valence-electron chi connectivity index (χ2n) is 5.31. The molecule has 0 aliphatic carbocycles. The maximum absolute atomic E-state index is 11.8. The van der Waals surface area contributed by atoms with E-state index in [1.807, 2.05) is 24.3 Å². The van der Waals surface area contributed by atoms with Crippen LogP contribution in [0.15, 0.2) is 46.9 Å². The van der Waals surface area contributed by atoms with Crippen LogP contribution in [0, 0.1) is 0 Å². The highest BCUT2D eigenvalue weighted by Gasteiger charge is 2.39. The van der Waals surface area contributed by atoms with Gasteiger partial charge in [0.15, 0.2) is 0 Å². The van der Waals surface area contributed by atoms with E-state index in [-0.39, 0.29) is 11.4 Å². The summed E-state index contributed by atoms with van der Waals surface area (Å²) in [5.74, 6) is 0.454. The fourth-order valence-electron chi connectivity index (χ4n) is 2.72. The van der Waals surface area contributed by atoms with Gasteiger partial charge in [0.2, 0.25) is 0 Å². The van der Waals surface area contributed by atoms with Gasteiger partial charge in [0.05, 0.1) is 22.6 Å². The van der Waals surface area contributed by atoms with Crippen molar-refractivity contribution in [3.05, 3.63) is 63.6 Å². The summed E-state index contributed by atoms with van der Waals surface area (Å²) in [7, 11) is 1.39. The van der Waals surface area contributed by atoms with Gasteiger partial charge in [0.25, 0.3) is 0 Å². The third-order valence-corrected chi connectivity index (χ3v) is 4.56. The molecular weight excluding hydrogens is 332 g/mol. The first-order chi connectivity index (χ1) is 10.1. The normalized spacial score (nSPS) is 19.8. The Balaban J connectivity index is 2.17. The molecule has 0 aromatic heterocycles. The van der Waals surface area contributed by atoms with E-state index in [2.05, 4.69) is 35.0 Å². The molecule has 0 saturated carbocycles. The summed E-state index contributed by atoms with van der Waals surface area (Å²) >= 11 is 3.49. The molecule has 21 heavy (non-hydrogen) atoms. The molecule has 1 aliphatic rings. The molecule has 0 fully saturated rings. The molecule has 2 aromatic rings. The van der Waals surface area contributed by atoms with Crippen LogP contribution in [0.5, 0.6) is 5.75 Å². The molecule has 4 heteroatoms. The minimum Gasteiger partial charge on any atom is -0.491 e. The Bertz CT molecular complexity index is 697. The molecule has 108 valence electrons. The van der Waals surface area contributed by atoms with Gasteiger partial charge in [-0.1, -0.05) is 30.3 Å². The van der Waals surface area contributed by atoms with E-state index in [1.54, 1.807) is 6.07 Å². The van der Waals surface area contributed by atoms with Gasteiger partial charge in [-0.05, 0) is 40.5 Å². The lowest BCUT2D eigenvalue weighted by Crippen LogP contribution is -2.25. The largest absolute Gasteiger partial charge is 0.491 e. The van der Waals surface area contributed by atoms with E-state index < -0.39 is 0 Å². The number of carbonyl (C=O) groups excluding carboxylic acids is 1. The fourth-order valence-corrected chi connectivity index (χ4v) is 3.30.